The molecule has 2 nitrogen and oxygen atoms in total. The minimum Gasteiger partial charge on any atom is -0.416 e. The summed E-state index contributed by atoms with van der Waals surface area (Å²) in [4.78, 5) is 0. The number of hydrogen-bond donors (Lipinski definition) is 1. The van der Waals surface area contributed by atoms with Gasteiger partial charge in [-0.25, -0.2) is 0 Å². The summed E-state index contributed by atoms with van der Waals surface area (Å²) in [7, 11) is -1.50. The predicted molar refractivity (Wildman–Crippen MR) is 42.8 cm³/mol. The van der Waals surface area contributed by atoms with Crippen LogP contribution in [0.15, 0.2) is 0 Å². The molecule has 1 unspecified atom stereocenters. The van der Waals surface area contributed by atoms with Gasteiger partial charge in [0.15, 0.2) is 0 Å². The molecule has 0 aromatic carbocycles. The molecule has 0 radical (unpaired) electrons. The summed E-state index contributed by atoms with van der Waals surface area (Å²) in [6.07, 6.45) is 0. The van der Waals surface area contributed by atoms with Gasteiger partial charge < -0.3 is 10.2 Å². The maximum atomic E-state index is 5.69. The van der Waals surface area contributed by atoms with E-state index in [4.69, 9.17) is 10.2 Å². The molecular weight excluding hydrogens is 130 g/mol. The van der Waals surface area contributed by atoms with Crippen LogP contribution in [0, 0.1) is 0 Å². The van der Waals surface area contributed by atoms with E-state index in [-0.39, 0.29) is 5.67 Å². The van der Waals surface area contributed by atoms with Crippen LogP contribution in [0.3, 0.4) is 0 Å². The van der Waals surface area contributed by atoms with Gasteiger partial charge in [0.2, 0.25) is 8.32 Å². The zero-order valence-electron chi connectivity index (χ0n) is 6.77. The van der Waals surface area contributed by atoms with Gasteiger partial charge in [-0.3, -0.25) is 0 Å². The summed E-state index contributed by atoms with van der Waals surface area (Å²) in [5.74, 6) is 0. The molecule has 0 rings (SSSR count). The lowest BCUT2D eigenvalue weighted by molar-refractivity contribution is 0.322. The minimum absolute atomic E-state index is 0.234. The van der Waals surface area contributed by atoms with Crippen molar-refractivity contribution in [3.63, 3.8) is 0 Å². The van der Waals surface area contributed by atoms with Crippen molar-refractivity contribution in [3.05, 3.63) is 0 Å². The molecule has 0 aromatic heterocycles. The van der Waals surface area contributed by atoms with Crippen LogP contribution in [0.1, 0.15) is 13.8 Å². The van der Waals surface area contributed by atoms with Crippen LogP contribution in [-0.4, -0.2) is 20.6 Å². The zero-order chi connectivity index (χ0) is 7.49. The molecule has 0 saturated heterocycles. The first-order valence-corrected chi connectivity index (χ1v) is 6.38. The van der Waals surface area contributed by atoms with Crippen molar-refractivity contribution < 1.29 is 4.43 Å². The lowest BCUT2D eigenvalue weighted by Gasteiger charge is -2.25. The fraction of sp³-hybridized carbons (Fsp3) is 1.00. The summed E-state index contributed by atoms with van der Waals surface area (Å²) < 4.78 is 5.50. The number of nitrogens with two attached hydrogens (primary N) is 1. The summed E-state index contributed by atoms with van der Waals surface area (Å²) in [5, 5.41) is 0. The first-order valence-electron chi connectivity index (χ1n) is 3.40. The fourth-order valence-electron chi connectivity index (χ4n) is 0.503. The molecule has 0 fully saturated rings. The maximum Gasteiger partial charge on any atom is 0.202 e. The molecule has 0 bridgehead atoms. The van der Waals surface area contributed by atoms with Crippen molar-refractivity contribution in [1.29, 1.82) is 0 Å². The highest BCUT2D eigenvalue weighted by molar-refractivity contribution is 6.72. The second kappa shape index (κ2) is 3.34. The van der Waals surface area contributed by atoms with Crippen molar-refractivity contribution in [1.82, 2.24) is 0 Å². The van der Waals surface area contributed by atoms with Crippen LogP contribution >= 0.6 is 0 Å². The monoisotopic (exact) mass is 147 g/mol. The molecule has 9 heavy (non-hydrogen) atoms. The van der Waals surface area contributed by atoms with Crippen molar-refractivity contribution in [3.8, 4) is 0 Å². The molecule has 0 amide bonds. The topological polar surface area (TPSA) is 35.2 Å². The third kappa shape index (κ3) is 2.98. The average Bonchev–Trinajstić information content (AvgIpc) is 1.65. The molecule has 0 aromatic rings. The summed E-state index contributed by atoms with van der Waals surface area (Å²) >= 11 is 0. The maximum absolute atomic E-state index is 5.69. The molecule has 0 spiro atoms. The van der Waals surface area contributed by atoms with Gasteiger partial charge in [0, 0.05) is 12.3 Å². The molecular formula is C6H17NOSi. The van der Waals surface area contributed by atoms with E-state index in [1.54, 1.807) is 0 Å². The Morgan fingerprint density at radius 1 is 1.56 bits per heavy atom. The van der Waals surface area contributed by atoms with Gasteiger partial charge in [-0.1, -0.05) is 6.92 Å². The molecule has 2 N–H and O–H groups in total. The van der Waals surface area contributed by atoms with Gasteiger partial charge in [0.25, 0.3) is 0 Å². The Morgan fingerprint density at radius 3 is 2.11 bits per heavy atom. The molecule has 0 heterocycles. The van der Waals surface area contributed by atoms with E-state index < -0.39 is 8.32 Å². The Labute approximate surface area is 58.5 Å². The largest absolute Gasteiger partial charge is 0.416 e. The normalized spacial score (nSPS) is 15.7. The van der Waals surface area contributed by atoms with E-state index in [1.165, 1.54) is 0 Å². The molecule has 56 valence electrons. The SMILES string of the molecule is CCO[Si](C)(C)C(C)N. The van der Waals surface area contributed by atoms with Gasteiger partial charge in [-0.2, -0.15) is 0 Å². The Kier molecular flexibility index (Phi) is 3.39. The zero-order valence-corrected chi connectivity index (χ0v) is 7.77. The Balaban J connectivity index is 3.70. The van der Waals surface area contributed by atoms with Crippen LogP contribution in [0.2, 0.25) is 13.1 Å². The summed E-state index contributed by atoms with van der Waals surface area (Å²) in [6, 6.07) is 0. The van der Waals surface area contributed by atoms with Gasteiger partial charge in [0.1, 0.15) is 0 Å². The molecule has 0 aliphatic rings. The lowest BCUT2D eigenvalue weighted by atomic mass is 10.8. The molecule has 0 aliphatic carbocycles. The number of hydrogen-bond acceptors (Lipinski definition) is 2. The third-order valence-electron chi connectivity index (χ3n) is 1.61. The van der Waals surface area contributed by atoms with Crippen LogP contribution in [-0.2, 0) is 4.43 Å². The van der Waals surface area contributed by atoms with Gasteiger partial charge in [0.05, 0.1) is 0 Å². The summed E-state index contributed by atoms with van der Waals surface area (Å²) in [5.41, 5.74) is 5.93. The third-order valence-corrected chi connectivity index (χ3v) is 4.84. The second-order valence-corrected chi connectivity index (χ2v) is 7.23. The van der Waals surface area contributed by atoms with Crippen molar-refractivity contribution in [2.45, 2.75) is 32.6 Å². The van der Waals surface area contributed by atoms with Gasteiger partial charge in [-0.05, 0) is 20.0 Å². The van der Waals surface area contributed by atoms with E-state index in [1.807, 2.05) is 13.8 Å². The van der Waals surface area contributed by atoms with Crippen LogP contribution in [0.5, 0.6) is 0 Å². The molecule has 1 atom stereocenters. The molecule has 3 heteroatoms. The fourth-order valence-corrected chi connectivity index (χ4v) is 1.51. The molecule has 0 saturated carbocycles. The Bertz CT molecular complexity index is 83.1. The quantitative estimate of drug-likeness (QED) is 0.607. The van der Waals surface area contributed by atoms with E-state index in [2.05, 4.69) is 13.1 Å². The number of rotatable bonds is 3. The van der Waals surface area contributed by atoms with Crippen molar-refractivity contribution in [2.24, 2.45) is 5.73 Å². The van der Waals surface area contributed by atoms with E-state index in [9.17, 15) is 0 Å². The Hall–Kier alpha value is 0.137. The first-order chi connectivity index (χ1) is 4.00. The van der Waals surface area contributed by atoms with E-state index in [0.29, 0.717) is 0 Å². The standard InChI is InChI=1S/C6H17NOSi/c1-5-8-9(3,4)6(2)7/h6H,5,7H2,1-4H3. The van der Waals surface area contributed by atoms with Gasteiger partial charge >= 0.3 is 0 Å². The smallest absolute Gasteiger partial charge is 0.202 e. The van der Waals surface area contributed by atoms with E-state index >= 15 is 0 Å². The Morgan fingerprint density at radius 2 is 2.00 bits per heavy atom. The van der Waals surface area contributed by atoms with Crippen LogP contribution < -0.4 is 5.73 Å². The van der Waals surface area contributed by atoms with Crippen molar-refractivity contribution in [2.75, 3.05) is 6.61 Å². The van der Waals surface area contributed by atoms with E-state index in [0.717, 1.165) is 6.61 Å². The predicted octanol–water partition coefficient (Wildman–Crippen LogP) is 1.11. The highest BCUT2D eigenvalue weighted by atomic mass is 28.4. The van der Waals surface area contributed by atoms with Crippen molar-refractivity contribution >= 4 is 8.32 Å². The van der Waals surface area contributed by atoms with Gasteiger partial charge in [-0.15, -0.1) is 0 Å². The molecule has 0 aliphatic heterocycles. The summed E-state index contributed by atoms with van der Waals surface area (Å²) in [6.45, 7) is 9.10. The average molecular weight is 147 g/mol. The highest BCUT2D eigenvalue weighted by Gasteiger charge is 2.26. The second-order valence-electron chi connectivity index (χ2n) is 2.83. The lowest BCUT2D eigenvalue weighted by Crippen LogP contribution is -2.48. The minimum atomic E-state index is -1.50. The highest BCUT2D eigenvalue weighted by Crippen LogP contribution is 2.06. The van der Waals surface area contributed by atoms with Crippen LogP contribution in [0.25, 0.3) is 0 Å². The first kappa shape index (κ1) is 9.14. The van der Waals surface area contributed by atoms with Crippen LogP contribution in [0.4, 0.5) is 0 Å².